The van der Waals surface area contributed by atoms with Crippen LogP contribution in [0.3, 0.4) is 0 Å². The molecule has 2 heterocycles. The molecule has 0 bridgehead atoms. The molecule has 1 aliphatic heterocycles. The fourth-order valence-corrected chi connectivity index (χ4v) is 3.48. The average molecular weight is 344 g/mol. The average Bonchev–Trinajstić information content (AvgIpc) is 3.27. The van der Waals surface area contributed by atoms with Gasteiger partial charge in [-0.05, 0) is 43.5 Å². The maximum atomic E-state index is 12.3. The van der Waals surface area contributed by atoms with E-state index in [4.69, 9.17) is 0 Å². The predicted octanol–water partition coefficient (Wildman–Crippen LogP) is 2.98. The minimum Gasteiger partial charge on any atom is -0.339 e. The largest absolute Gasteiger partial charge is 0.339 e. The quantitative estimate of drug-likeness (QED) is 0.905. The molecule has 1 fully saturated rings. The lowest BCUT2D eigenvalue weighted by Gasteiger charge is -2.15. The second-order valence-corrected chi connectivity index (χ2v) is 6.84. The van der Waals surface area contributed by atoms with E-state index >= 15 is 0 Å². The Morgan fingerprint density at radius 1 is 1.17 bits per heavy atom. The van der Waals surface area contributed by atoms with Crippen LogP contribution in [0.2, 0.25) is 0 Å². The second-order valence-electron chi connectivity index (χ2n) is 5.78. The summed E-state index contributed by atoms with van der Waals surface area (Å²) in [7, 11) is 0. The molecule has 24 heavy (non-hydrogen) atoms. The van der Waals surface area contributed by atoms with Crippen molar-refractivity contribution in [2.75, 3.05) is 18.4 Å². The first-order valence-corrected chi connectivity index (χ1v) is 9.02. The number of benzene rings is 1. The van der Waals surface area contributed by atoms with Crippen LogP contribution < -0.4 is 5.32 Å². The zero-order chi connectivity index (χ0) is 16.9. The molecule has 2 aromatic rings. The van der Waals surface area contributed by atoms with Crippen LogP contribution in [-0.2, 0) is 6.42 Å². The van der Waals surface area contributed by atoms with Crippen LogP contribution >= 0.6 is 11.3 Å². The Labute approximate surface area is 144 Å². The van der Waals surface area contributed by atoms with E-state index in [9.17, 15) is 9.59 Å². The predicted molar refractivity (Wildman–Crippen MR) is 93.4 cm³/mol. The van der Waals surface area contributed by atoms with Gasteiger partial charge in [0, 0.05) is 30.8 Å². The lowest BCUT2D eigenvalue weighted by atomic mass is 10.2. The Kier molecular flexibility index (Phi) is 5.20. The maximum absolute atomic E-state index is 12.3. The number of hydrogen-bond acceptors (Lipinski definition) is 5. The lowest BCUT2D eigenvalue weighted by molar-refractivity contribution is 0.0792. The number of carbonyl (C=O) groups excluding carboxylic acids is 2. The highest BCUT2D eigenvalue weighted by Crippen LogP contribution is 2.17. The van der Waals surface area contributed by atoms with E-state index in [-0.39, 0.29) is 11.8 Å². The Hall–Kier alpha value is -2.28. The number of nitrogens with zero attached hydrogens (tertiary/aromatic N) is 3. The summed E-state index contributed by atoms with van der Waals surface area (Å²) < 4.78 is 0. The fraction of sp³-hybridized carbons (Fsp3) is 0.412. The molecule has 7 heteroatoms. The van der Waals surface area contributed by atoms with Crippen LogP contribution in [0.4, 0.5) is 5.69 Å². The van der Waals surface area contributed by atoms with Crippen LogP contribution in [-0.4, -0.2) is 40.0 Å². The topological polar surface area (TPSA) is 75.2 Å². The smallest absolute Gasteiger partial charge is 0.286 e. The Bertz CT molecular complexity index is 720. The number of likely N-dealkylation sites (tertiary alicyclic amines) is 1. The Morgan fingerprint density at radius 3 is 2.54 bits per heavy atom. The van der Waals surface area contributed by atoms with Crippen molar-refractivity contribution < 1.29 is 9.59 Å². The molecule has 0 spiro atoms. The van der Waals surface area contributed by atoms with Crippen LogP contribution in [0.25, 0.3) is 0 Å². The first-order chi connectivity index (χ1) is 11.7. The third kappa shape index (κ3) is 3.79. The van der Waals surface area contributed by atoms with Crippen molar-refractivity contribution in [3.05, 3.63) is 39.8 Å². The number of hydrogen-bond donors (Lipinski definition) is 1. The van der Waals surface area contributed by atoms with Crippen molar-refractivity contribution in [2.24, 2.45) is 0 Å². The molecule has 1 aliphatic rings. The highest BCUT2D eigenvalue weighted by atomic mass is 32.1. The minimum atomic E-state index is -0.270. The number of rotatable bonds is 5. The molecule has 0 saturated carbocycles. The first-order valence-electron chi connectivity index (χ1n) is 8.20. The van der Waals surface area contributed by atoms with Crippen molar-refractivity contribution in [1.82, 2.24) is 15.1 Å². The molecule has 126 valence electrons. The Morgan fingerprint density at radius 2 is 1.88 bits per heavy atom. The molecule has 1 aromatic carbocycles. The number of anilines is 1. The van der Waals surface area contributed by atoms with Gasteiger partial charge in [-0.3, -0.25) is 9.59 Å². The molecule has 1 saturated heterocycles. The number of aryl methyl sites for hydroxylation is 1. The summed E-state index contributed by atoms with van der Waals surface area (Å²) in [5.74, 6) is -0.216. The molecule has 3 rings (SSSR count). The minimum absolute atomic E-state index is 0.0544. The van der Waals surface area contributed by atoms with Gasteiger partial charge in [0.25, 0.3) is 11.8 Å². The third-order valence-corrected chi connectivity index (χ3v) is 4.89. The van der Waals surface area contributed by atoms with Gasteiger partial charge in [0.05, 0.1) is 0 Å². The van der Waals surface area contributed by atoms with Crippen molar-refractivity contribution >= 4 is 28.8 Å². The highest BCUT2D eigenvalue weighted by Gasteiger charge is 2.19. The molecule has 1 N–H and O–H groups in total. The zero-order valence-electron chi connectivity index (χ0n) is 13.6. The molecule has 2 amide bonds. The molecule has 6 nitrogen and oxygen atoms in total. The summed E-state index contributed by atoms with van der Waals surface area (Å²) in [6.07, 6.45) is 3.95. The van der Waals surface area contributed by atoms with Gasteiger partial charge in [0.2, 0.25) is 5.01 Å². The van der Waals surface area contributed by atoms with Crippen molar-refractivity contribution in [1.29, 1.82) is 0 Å². The molecular formula is C17H20N4O2S. The van der Waals surface area contributed by atoms with E-state index in [1.807, 2.05) is 4.90 Å². The fourth-order valence-electron chi connectivity index (χ4n) is 2.64. The molecule has 0 radical (unpaired) electrons. The number of carbonyl (C=O) groups is 2. The van der Waals surface area contributed by atoms with E-state index < -0.39 is 0 Å². The molecule has 0 aliphatic carbocycles. The van der Waals surface area contributed by atoms with E-state index in [0.29, 0.717) is 16.3 Å². The molecule has 1 aromatic heterocycles. The maximum Gasteiger partial charge on any atom is 0.286 e. The number of aromatic nitrogens is 2. The summed E-state index contributed by atoms with van der Waals surface area (Å²) in [4.78, 5) is 26.3. The Balaban J connectivity index is 1.62. The van der Waals surface area contributed by atoms with Gasteiger partial charge in [-0.25, -0.2) is 0 Å². The lowest BCUT2D eigenvalue weighted by Crippen LogP contribution is -2.27. The van der Waals surface area contributed by atoms with Crippen LogP contribution in [0.5, 0.6) is 0 Å². The van der Waals surface area contributed by atoms with Gasteiger partial charge >= 0.3 is 0 Å². The van der Waals surface area contributed by atoms with Crippen LogP contribution in [0.1, 0.15) is 51.4 Å². The third-order valence-electron chi connectivity index (χ3n) is 3.91. The van der Waals surface area contributed by atoms with Crippen LogP contribution in [0, 0.1) is 0 Å². The summed E-state index contributed by atoms with van der Waals surface area (Å²) >= 11 is 1.31. The van der Waals surface area contributed by atoms with Gasteiger partial charge in [0.15, 0.2) is 0 Å². The number of nitrogens with one attached hydrogen (secondary N) is 1. The number of amides is 2. The van der Waals surface area contributed by atoms with Gasteiger partial charge < -0.3 is 10.2 Å². The summed E-state index contributed by atoms with van der Waals surface area (Å²) in [6, 6.07) is 6.99. The van der Waals surface area contributed by atoms with Crippen molar-refractivity contribution in [3.8, 4) is 0 Å². The van der Waals surface area contributed by atoms with E-state index in [1.54, 1.807) is 24.3 Å². The molecule has 0 unspecified atom stereocenters. The zero-order valence-corrected chi connectivity index (χ0v) is 14.4. The monoisotopic (exact) mass is 344 g/mol. The summed E-state index contributed by atoms with van der Waals surface area (Å²) in [5, 5.41) is 12.0. The van der Waals surface area contributed by atoms with E-state index in [2.05, 4.69) is 22.4 Å². The van der Waals surface area contributed by atoms with Gasteiger partial charge in [-0.1, -0.05) is 18.3 Å². The van der Waals surface area contributed by atoms with Gasteiger partial charge in [-0.15, -0.1) is 10.2 Å². The van der Waals surface area contributed by atoms with Gasteiger partial charge in [0.1, 0.15) is 5.01 Å². The van der Waals surface area contributed by atoms with E-state index in [0.717, 1.165) is 43.8 Å². The summed E-state index contributed by atoms with van der Waals surface area (Å²) in [6.45, 7) is 3.72. The summed E-state index contributed by atoms with van der Waals surface area (Å²) in [5.41, 5.74) is 1.29. The van der Waals surface area contributed by atoms with Gasteiger partial charge in [-0.2, -0.15) is 0 Å². The van der Waals surface area contributed by atoms with Crippen LogP contribution in [0.15, 0.2) is 24.3 Å². The normalized spacial score (nSPS) is 14.0. The van der Waals surface area contributed by atoms with E-state index in [1.165, 1.54) is 11.3 Å². The first kappa shape index (κ1) is 16.6. The molecular weight excluding hydrogens is 324 g/mol. The SMILES string of the molecule is CCCc1nnc(C(=O)Nc2ccc(C(=O)N3CCCC3)cc2)s1. The second kappa shape index (κ2) is 7.53. The molecule has 0 atom stereocenters. The standard InChI is InChI=1S/C17H20N4O2S/c1-2-5-14-19-20-16(24-14)15(22)18-13-8-6-12(7-9-13)17(23)21-10-3-4-11-21/h6-9H,2-5,10-11H2,1H3,(H,18,22). The van der Waals surface area contributed by atoms with Crippen molar-refractivity contribution in [2.45, 2.75) is 32.6 Å². The highest BCUT2D eigenvalue weighted by molar-refractivity contribution is 7.13. The van der Waals surface area contributed by atoms with Crippen molar-refractivity contribution in [3.63, 3.8) is 0 Å².